The van der Waals surface area contributed by atoms with E-state index in [1.165, 1.54) is 6.07 Å². The highest BCUT2D eigenvalue weighted by molar-refractivity contribution is 9.10. The zero-order valence-corrected chi connectivity index (χ0v) is 12.8. The van der Waals surface area contributed by atoms with Crippen molar-refractivity contribution in [1.82, 2.24) is 5.32 Å². The van der Waals surface area contributed by atoms with Crippen molar-refractivity contribution in [3.8, 4) is 0 Å². The van der Waals surface area contributed by atoms with Gasteiger partial charge in [-0.05, 0) is 43.4 Å². The lowest BCUT2D eigenvalue weighted by molar-refractivity contribution is -0.385. The van der Waals surface area contributed by atoms with Crippen LogP contribution in [0.25, 0.3) is 0 Å². The molecule has 1 saturated carbocycles. The summed E-state index contributed by atoms with van der Waals surface area (Å²) in [7, 11) is 0. The Hall–Kier alpha value is -0.980. The Balaban J connectivity index is 1.93. The van der Waals surface area contributed by atoms with Crippen molar-refractivity contribution in [3.05, 3.63) is 38.3 Å². The molecule has 20 heavy (non-hydrogen) atoms. The summed E-state index contributed by atoms with van der Waals surface area (Å²) in [5, 5.41) is 23.6. The third kappa shape index (κ3) is 3.77. The summed E-state index contributed by atoms with van der Waals surface area (Å²) in [5.41, 5.74) is 0.828. The number of nitro groups is 1. The van der Waals surface area contributed by atoms with E-state index < -0.39 is 0 Å². The molecule has 0 heterocycles. The van der Waals surface area contributed by atoms with Gasteiger partial charge in [0.25, 0.3) is 5.69 Å². The second-order valence-corrected chi connectivity index (χ2v) is 6.21. The number of hydrogen-bond acceptors (Lipinski definition) is 4. The Kier molecular flexibility index (Phi) is 5.51. The molecule has 1 aromatic rings. The van der Waals surface area contributed by atoms with Gasteiger partial charge in [-0.15, -0.1) is 0 Å². The van der Waals surface area contributed by atoms with E-state index in [-0.39, 0.29) is 17.2 Å². The molecular weight excluding hydrogens is 324 g/mol. The van der Waals surface area contributed by atoms with Crippen LogP contribution in [0.1, 0.15) is 24.8 Å². The largest absolute Gasteiger partial charge is 0.396 e. The number of halogens is 1. The molecule has 2 rings (SSSR count). The van der Waals surface area contributed by atoms with E-state index in [0.29, 0.717) is 23.9 Å². The molecule has 6 heteroatoms. The third-order valence-corrected chi connectivity index (χ3v) is 4.50. The zero-order chi connectivity index (χ0) is 14.5. The number of benzene rings is 1. The lowest BCUT2D eigenvalue weighted by Gasteiger charge is -2.17. The molecule has 1 aliphatic rings. The van der Waals surface area contributed by atoms with Crippen LogP contribution in [0.5, 0.6) is 0 Å². The van der Waals surface area contributed by atoms with Crippen LogP contribution in [0, 0.1) is 22.0 Å². The van der Waals surface area contributed by atoms with Gasteiger partial charge in [0.05, 0.1) is 4.92 Å². The van der Waals surface area contributed by atoms with Gasteiger partial charge < -0.3 is 10.4 Å². The maximum absolute atomic E-state index is 11.0. The molecule has 2 N–H and O–H groups in total. The fourth-order valence-corrected chi connectivity index (χ4v) is 3.30. The Morgan fingerprint density at radius 3 is 2.85 bits per heavy atom. The predicted octanol–water partition coefficient (Wildman–Crippen LogP) is 2.86. The van der Waals surface area contributed by atoms with Crippen molar-refractivity contribution in [3.63, 3.8) is 0 Å². The molecule has 0 aromatic heterocycles. The molecule has 2 atom stereocenters. The van der Waals surface area contributed by atoms with E-state index in [1.807, 2.05) is 0 Å². The molecule has 1 aliphatic carbocycles. The topological polar surface area (TPSA) is 75.4 Å². The van der Waals surface area contributed by atoms with Crippen LogP contribution in [0.15, 0.2) is 22.7 Å². The maximum atomic E-state index is 11.0. The van der Waals surface area contributed by atoms with Gasteiger partial charge in [0.1, 0.15) is 0 Å². The highest BCUT2D eigenvalue weighted by atomic mass is 79.9. The van der Waals surface area contributed by atoms with Gasteiger partial charge in [-0.3, -0.25) is 10.1 Å². The second-order valence-electron chi connectivity index (χ2n) is 5.29. The Bertz CT molecular complexity index is 481. The summed E-state index contributed by atoms with van der Waals surface area (Å²) in [4.78, 5) is 10.6. The second kappa shape index (κ2) is 7.15. The summed E-state index contributed by atoms with van der Waals surface area (Å²) in [6.45, 7) is 1.52. The van der Waals surface area contributed by atoms with E-state index in [1.54, 1.807) is 12.1 Å². The third-order valence-electron chi connectivity index (χ3n) is 4.01. The summed E-state index contributed by atoms with van der Waals surface area (Å²) < 4.78 is 0.842. The minimum absolute atomic E-state index is 0.144. The molecule has 0 aliphatic heterocycles. The van der Waals surface area contributed by atoms with Gasteiger partial charge in [0.2, 0.25) is 0 Å². The van der Waals surface area contributed by atoms with Crippen molar-refractivity contribution in [1.29, 1.82) is 0 Å². The van der Waals surface area contributed by atoms with E-state index in [2.05, 4.69) is 21.2 Å². The molecule has 2 unspecified atom stereocenters. The predicted molar refractivity (Wildman–Crippen MR) is 80.4 cm³/mol. The molecule has 110 valence electrons. The number of aliphatic hydroxyl groups excluding tert-OH is 1. The molecule has 5 nitrogen and oxygen atoms in total. The average Bonchev–Trinajstić information content (AvgIpc) is 2.86. The van der Waals surface area contributed by atoms with Gasteiger partial charge in [0.15, 0.2) is 0 Å². The number of rotatable bonds is 6. The van der Waals surface area contributed by atoms with Crippen molar-refractivity contribution in [2.75, 3.05) is 13.2 Å². The van der Waals surface area contributed by atoms with Crippen molar-refractivity contribution in [2.24, 2.45) is 11.8 Å². The lowest BCUT2D eigenvalue weighted by atomic mass is 9.97. The van der Waals surface area contributed by atoms with Crippen LogP contribution >= 0.6 is 15.9 Å². The van der Waals surface area contributed by atoms with Crippen LogP contribution < -0.4 is 5.32 Å². The van der Waals surface area contributed by atoms with Gasteiger partial charge in [0, 0.05) is 29.3 Å². The molecule has 0 saturated heterocycles. The Morgan fingerprint density at radius 1 is 1.40 bits per heavy atom. The van der Waals surface area contributed by atoms with Crippen molar-refractivity contribution < 1.29 is 10.0 Å². The fourth-order valence-electron chi connectivity index (χ4n) is 2.89. The molecular formula is C14H19BrN2O3. The molecule has 0 bridgehead atoms. The highest BCUT2D eigenvalue weighted by Crippen LogP contribution is 2.31. The van der Waals surface area contributed by atoms with Crippen LogP contribution in [-0.2, 0) is 6.54 Å². The number of aliphatic hydroxyl groups is 1. The number of nitrogens with zero attached hydrogens (tertiary/aromatic N) is 1. The fraction of sp³-hybridized carbons (Fsp3) is 0.571. The average molecular weight is 343 g/mol. The quantitative estimate of drug-likeness (QED) is 0.615. The first-order valence-corrected chi connectivity index (χ1v) is 7.65. The first-order valence-electron chi connectivity index (χ1n) is 6.86. The minimum atomic E-state index is -0.352. The summed E-state index contributed by atoms with van der Waals surface area (Å²) in [6.07, 6.45) is 3.37. The highest BCUT2D eigenvalue weighted by Gasteiger charge is 2.26. The Morgan fingerprint density at radius 2 is 2.15 bits per heavy atom. The van der Waals surface area contributed by atoms with Crippen LogP contribution in [0.3, 0.4) is 0 Å². The van der Waals surface area contributed by atoms with Gasteiger partial charge in [-0.25, -0.2) is 0 Å². The standard InChI is InChI=1S/C14H19BrN2O3/c15-13-4-5-14(17(19)20)12(6-13)8-16-7-10-2-1-3-11(10)9-18/h4-6,10-11,16,18H,1-3,7-9H2. The maximum Gasteiger partial charge on any atom is 0.273 e. The van der Waals surface area contributed by atoms with E-state index in [9.17, 15) is 15.2 Å². The zero-order valence-electron chi connectivity index (χ0n) is 11.2. The smallest absolute Gasteiger partial charge is 0.273 e. The van der Waals surface area contributed by atoms with Crippen LogP contribution in [0.2, 0.25) is 0 Å². The molecule has 1 aromatic carbocycles. The van der Waals surface area contributed by atoms with Crippen LogP contribution in [-0.4, -0.2) is 23.2 Å². The summed E-state index contributed by atoms with van der Waals surface area (Å²) in [5.74, 6) is 0.853. The minimum Gasteiger partial charge on any atom is -0.396 e. The van der Waals surface area contributed by atoms with Gasteiger partial charge >= 0.3 is 0 Å². The molecule has 0 spiro atoms. The number of nitrogens with one attached hydrogen (secondary N) is 1. The monoisotopic (exact) mass is 342 g/mol. The SMILES string of the molecule is O=[N+]([O-])c1ccc(Br)cc1CNCC1CCCC1CO. The molecule has 0 amide bonds. The van der Waals surface area contributed by atoms with Gasteiger partial charge in [-0.2, -0.15) is 0 Å². The number of nitro benzene ring substituents is 1. The van der Waals surface area contributed by atoms with E-state index >= 15 is 0 Å². The van der Waals surface area contributed by atoms with Crippen molar-refractivity contribution >= 4 is 21.6 Å². The summed E-state index contributed by atoms with van der Waals surface area (Å²) in [6, 6.07) is 4.98. The van der Waals surface area contributed by atoms with Gasteiger partial charge in [-0.1, -0.05) is 22.4 Å². The Labute approximate surface area is 126 Å². The summed E-state index contributed by atoms with van der Waals surface area (Å²) >= 11 is 3.34. The lowest BCUT2D eigenvalue weighted by Crippen LogP contribution is -2.26. The molecule has 1 fully saturated rings. The molecule has 0 radical (unpaired) electrons. The van der Waals surface area contributed by atoms with E-state index in [4.69, 9.17) is 0 Å². The first kappa shape index (κ1) is 15.4. The van der Waals surface area contributed by atoms with E-state index in [0.717, 1.165) is 30.3 Å². The van der Waals surface area contributed by atoms with Crippen LogP contribution in [0.4, 0.5) is 5.69 Å². The number of hydrogen-bond donors (Lipinski definition) is 2. The normalized spacial score (nSPS) is 22.1. The first-order chi connectivity index (χ1) is 9.61. The van der Waals surface area contributed by atoms with Crippen molar-refractivity contribution in [2.45, 2.75) is 25.8 Å².